The van der Waals surface area contributed by atoms with Gasteiger partial charge in [-0.1, -0.05) is 18.2 Å². The van der Waals surface area contributed by atoms with Crippen molar-refractivity contribution < 1.29 is 13.2 Å². The molecule has 2 aromatic rings. The summed E-state index contributed by atoms with van der Waals surface area (Å²) in [7, 11) is 0. The quantitative estimate of drug-likeness (QED) is 0.763. The van der Waals surface area contributed by atoms with Crippen LogP contribution in [0.2, 0.25) is 0 Å². The van der Waals surface area contributed by atoms with Crippen LogP contribution in [0.15, 0.2) is 42.5 Å². The maximum absolute atomic E-state index is 12.7. The summed E-state index contributed by atoms with van der Waals surface area (Å²) >= 11 is 0. The van der Waals surface area contributed by atoms with Crippen molar-refractivity contribution in [2.75, 3.05) is 11.5 Å². The Hall–Kier alpha value is -2.17. The van der Waals surface area contributed by atoms with Crippen LogP contribution in [-0.4, -0.2) is 0 Å². The molecule has 0 aromatic heterocycles. The van der Waals surface area contributed by atoms with Crippen molar-refractivity contribution in [3.05, 3.63) is 48.0 Å². The highest BCUT2D eigenvalue weighted by atomic mass is 19.4. The largest absolute Gasteiger partial charge is 0.416 e. The molecular weight excluding hydrogens is 241 g/mol. The van der Waals surface area contributed by atoms with Crippen LogP contribution >= 0.6 is 0 Å². The number of hydrogen-bond acceptors (Lipinski definition) is 2. The maximum Gasteiger partial charge on any atom is 0.416 e. The molecule has 0 radical (unpaired) electrons. The summed E-state index contributed by atoms with van der Waals surface area (Å²) in [5.74, 6) is 0. The number of halogens is 3. The van der Waals surface area contributed by atoms with Crippen LogP contribution in [0.5, 0.6) is 0 Å². The molecule has 0 aliphatic carbocycles. The Bertz CT molecular complexity index is 577. The molecule has 0 bridgehead atoms. The third kappa shape index (κ3) is 2.40. The van der Waals surface area contributed by atoms with Crippen LogP contribution in [0.4, 0.5) is 24.5 Å². The first-order valence-electron chi connectivity index (χ1n) is 5.20. The molecule has 0 saturated heterocycles. The van der Waals surface area contributed by atoms with Crippen molar-refractivity contribution in [3.63, 3.8) is 0 Å². The minimum Gasteiger partial charge on any atom is -0.399 e. The Morgan fingerprint density at radius 1 is 0.889 bits per heavy atom. The van der Waals surface area contributed by atoms with E-state index in [9.17, 15) is 13.2 Å². The van der Waals surface area contributed by atoms with E-state index >= 15 is 0 Å². The van der Waals surface area contributed by atoms with E-state index in [1.807, 2.05) is 0 Å². The molecule has 18 heavy (non-hydrogen) atoms. The summed E-state index contributed by atoms with van der Waals surface area (Å²) in [6.45, 7) is 0. The second kappa shape index (κ2) is 4.25. The van der Waals surface area contributed by atoms with Gasteiger partial charge in [0.05, 0.1) is 5.56 Å². The number of para-hydroxylation sites is 1. The molecule has 0 spiro atoms. The van der Waals surface area contributed by atoms with Gasteiger partial charge in [-0.05, 0) is 29.8 Å². The van der Waals surface area contributed by atoms with E-state index < -0.39 is 11.7 Å². The van der Waals surface area contributed by atoms with E-state index in [4.69, 9.17) is 11.5 Å². The van der Waals surface area contributed by atoms with Crippen LogP contribution < -0.4 is 11.5 Å². The molecule has 0 heterocycles. The van der Waals surface area contributed by atoms with Gasteiger partial charge in [0, 0.05) is 16.9 Å². The summed E-state index contributed by atoms with van der Waals surface area (Å²) in [6, 6.07) is 10.1. The molecule has 0 fully saturated rings. The number of hydrogen-bond donors (Lipinski definition) is 2. The number of benzene rings is 2. The Labute approximate surface area is 102 Å². The summed E-state index contributed by atoms with van der Waals surface area (Å²) < 4.78 is 38.0. The number of alkyl halides is 3. The average Bonchev–Trinajstić information content (AvgIpc) is 2.27. The average molecular weight is 252 g/mol. The van der Waals surface area contributed by atoms with Gasteiger partial charge in [0.1, 0.15) is 0 Å². The molecule has 5 heteroatoms. The van der Waals surface area contributed by atoms with Gasteiger partial charge in [-0.25, -0.2) is 0 Å². The Morgan fingerprint density at radius 3 is 2.17 bits per heavy atom. The summed E-state index contributed by atoms with van der Waals surface area (Å²) in [5, 5.41) is 0. The molecule has 2 nitrogen and oxygen atoms in total. The first-order valence-corrected chi connectivity index (χ1v) is 5.20. The van der Waals surface area contributed by atoms with Gasteiger partial charge < -0.3 is 11.5 Å². The number of nitrogen functional groups attached to an aromatic ring is 2. The van der Waals surface area contributed by atoms with Gasteiger partial charge >= 0.3 is 6.18 Å². The second-order valence-corrected chi connectivity index (χ2v) is 3.93. The van der Waals surface area contributed by atoms with Gasteiger partial charge in [-0.2, -0.15) is 13.2 Å². The first kappa shape index (κ1) is 12.3. The van der Waals surface area contributed by atoms with Crippen LogP contribution in [0.25, 0.3) is 11.1 Å². The topological polar surface area (TPSA) is 52.0 Å². The molecule has 94 valence electrons. The smallest absolute Gasteiger partial charge is 0.399 e. The van der Waals surface area contributed by atoms with Crippen molar-refractivity contribution >= 4 is 11.4 Å². The first-order chi connectivity index (χ1) is 8.38. The van der Waals surface area contributed by atoms with E-state index in [-0.39, 0.29) is 5.69 Å². The van der Waals surface area contributed by atoms with E-state index in [1.54, 1.807) is 24.3 Å². The van der Waals surface area contributed by atoms with Crippen molar-refractivity contribution in [2.45, 2.75) is 6.18 Å². The zero-order valence-electron chi connectivity index (χ0n) is 9.33. The summed E-state index contributed by atoms with van der Waals surface area (Å²) in [5.41, 5.74) is 11.8. The number of anilines is 2. The molecule has 2 aromatic carbocycles. The highest BCUT2D eigenvalue weighted by Gasteiger charge is 2.31. The highest BCUT2D eigenvalue weighted by Crippen LogP contribution is 2.35. The lowest BCUT2D eigenvalue weighted by atomic mass is 10.0. The molecule has 2 rings (SSSR count). The van der Waals surface area contributed by atoms with Crippen molar-refractivity contribution in [1.29, 1.82) is 0 Å². The Morgan fingerprint density at radius 2 is 1.56 bits per heavy atom. The summed E-state index contributed by atoms with van der Waals surface area (Å²) in [4.78, 5) is 0. The third-order valence-electron chi connectivity index (χ3n) is 2.55. The van der Waals surface area contributed by atoms with Gasteiger partial charge in [-0.15, -0.1) is 0 Å². The van der Waals surface area contributed by atoms with Crippen LogP contribution in [0.1, 0.15) is 5.56 Å². The lowest BCUT2D eigenvalue weighted by molar-refractivity contribution is -0.137. The molecule has 0 atom stereocenters. The fourth-order valence-electron chi connectivity index (χ4n) is 1.73. The lowest BCUT2D eigenvalue weighted by Crippen LogP contribution is -2.06. The van der Waals surface area contributed by atoms with E-state index in [0.29, 0.717) is 16.8 Å². The molecule has 0 saturated carbocycles. The zero-order chi connectivity index (χ0) is 13.3. The molecule has 0 aliphatic rings. The highest BCUT2D eigenvalue weighted by molar-refractivity contribution is 5.78. The van der Waals surface area contributed by atoms with Crippen LogP contribution in [0, 0.1) is 0 Å². The minimum absolute atomic E-state index is 0.0584. The molecule has 0 aliphatic heterocycles. The Kier molecular flexibility index (Phi) is 2.90. The van der Waals surface area contributed by atoms with Gasteiger partial charge in [-0.3, -0.25) is 0 Å². The molecular formula is C13H11F3N2. The van der Waals surface area contributed by atoms with Gasteiger partial charge in [0.15, 0.2) is 0 Å². The monoisotopic (exact) mass is 252 g/mol. The maximum atomic E-state index is 12.7. The number of rotatable bonds is 1. The predicted octanol–water partition coefficient (Wildman–Crippen LogP) is 3.54. The standard InChI is InChI=1S/C13H11F3N2/c14-13(15,16)9-5-8(6-10(17)7-9)11-3-1-2-4-12(11)18/h1-7H,17-18H2. The summed E-state index contributed by atoms with van der Waals surface area (Å²) in [6.07, 6.45) is -4.42. The van der Waals surface area contributed by atoms with Crippen molar-refractivity contribution in [1.82, 2.24) is 0 Å². The molecule has 0 amide bonds. The normalized spacial score (nSPS) is 11.5. The second-order valence-electron chi connectivity index (χ2n) is 3.93. The van der Waals surface area contributed by atoms with Crippen LogP contribution in [0.3, 0.4) is 0 Å². The van der Waals surface area contributed by atoms with E-state index in [0.717, 1.165) is 12.1 Å². The van der Waals surface area contributed by atoms with E-state index in [2.05, 4.69) is 0 Å². The Balaban J connectivity index is 2.60. The van der Waals surface area contributed by atoms with Gasteiger partial charge in [0.25, 0.3) is 0 Å². The van der Waals surface area contributed by atoms with Crippen LogP contribution in [-0.2, 0) is 6.18 Å². The SMILES string of the molecule is Nc1cc(-c2ccccc2N)cc(C(F)(F)F)c1. The van der Waals surface area contributed by atoms with Crippen molar-refractivity contribution in [2.24, 2.45) is 0 Å². The minimum atomic E-state index is -4.42. The van der Waals surface area contributed by atoms with Gasteiger partial charge in [0.2, 0.25) is 0 Å². The lowest BCUT2D eigenvalue weighted by Gasteiger charge is -2.11. The third-order valence-corrected chi connectivity index (χ3v) is 2.55. The van der Waals surface area contributed by atoms with Crippen molar-refractivity contribution in [3.8, 4) is 11.1 Å². The zero-order valence-corrected chi connectivity index (χ0v) is 9.33. The predicted molar refractivity (Wildman–Crippen MR) is 65.7 cm³/mol. The fourth-order valence-corrected chi connectivity index (χ4v) is 1.73. The van der Waals surface area contributed by atoms with E-state index in [1.165, 1.54) is 6.07 Å². The fraction of sp³-hybridized carbons (Fsp3) is 0.0769. The molecule has 4 N–H and O–H groups in total. The molecule has 0 unspecified atom stereocenters. The number of nitrogens with two attached hydrogens (primary N) is 2.